The summed E-state index contributed by atoms with van der Waals surface area (Å²) in [5.41, 5.74) is 0. The van der Waals surface area contributed by atoms with Crippen LogP contribution in [0.3, 0.4) is 0 Å². The summed E-state index contributed by atoms with van der Waals surface area (Å²) in [4.78, 5) is 0. The molecular formula is C18H37ClO. The molecule has 122 valence electrons. The Hall–Kier alpha value is 0.250. The molecule has 0 aromatic rings. The van der Waals surface area contributed by atoms with Gasteiger partial charge in [-0.2, -0.15) is 0 Å². The minimum atomic E-state index is -0.0210. The van der Waals surface area contributed by atoms with Crippen LogP contribution < -0.4 is 0 Å². The second-order valence-electron chi connectivity index (χ2n) is 6.16. The fourth-order valence-electron chi connectivity index (χ4n) is 2.65. The highest BCUT2D eigenvalue weighted by Crippen LogP contribution is 2.14. The third kappa shape index (κ3) is 16.3. The van der Waals surface area contributed by atoms with Crippen molar-refractivity contribution in [1.82, 2.24) is 0 Å². The Labute approximate surface area is 132 Å². The normalized spacial score (nSPS) is 12.8. The average Bonchev–Trinajstić information content (AvgIpc) is 2.47. The molecule has 20 heavy (non-hydrogen) atoms. The van der Waals surface area contributed by atoms with Crippen molar-refractivity contribution < 1.29 is 5.11 Å². The lowest BCUT2D eigenvalue weighted by Gasteiger charge is -2.05. The van der Waals surface area contributed by atoms with Crippen molar-refractivity contribution in [2.75, 3.05) is 6.61 Å². The second kappa shape index (κ2) is 17.3. The lowest BCUT2D eigenvalue weighted by Crippen LogP contribution is -2.03. The van der Waals surface area contributed by atoms with Crippen molar-refractivity contribution in [1.29, 1.82) is 0 Å². The minimum Gasteiger partial charge on any atom is -0.395 e. The van der Waals surface area contributed by atoms with E-state index >= 15 is 0 Å². The van der Waals surface area contributed by atoms with Gasteiger partial charge < -0.3 is 5.11 Å². The second-order valence-corrected chi connectivity index (χ2v) is 6.78. The van der Waals surface area contributed by atoms with E-state index in [1.807, 2.05) is 0 Å². The maximum atomic E-state index is 8.81. The maximum Gasteiger partial charge on any atom is 0.0595 e. The summed E-state index contributed by atoms with van der Waals surface area (Å²) in [6.45, 7) is 2.40. The Morgan fingerprint density at radius 2 is 1.00 bits per heavy atom. The molecule has 0 spiro atoms. The van der Waals surface area contributed by atoms with Gasteiger partial charge in [0.25, 0.3) is 0 Å². The van der Waals surface area contributed by atoms with Crippen LogP contribution >= 0.6 is 11.6 Å². The van der Waals surface area contributed by atoms with Crippen molar-refractivity contribution in [3.63, 3.8) is 0 Å². The molecule has 0 heterocycles. The zero-order valence-electron chi connectivity index (χ0n) is 13.7. The summed E-state index contributed by atoms with van der Waals surface area (Å²) in [5.74, 6) is 0. The predicted octanol–water partition coefficient (Wildman–Crippen LogP) is 6.46. The van der Waals surface area contributed by atoms with Gasteiger partial charge in [-0.05, 0) is 6.42 Å². The van der Waals surface area contributed by atoms with Gasteiger partial charge in [-0.15, -0.1) is 11.6 Å². The van der Waals surface area contributed by atoms with E-state index in [4.69, 9.17) is 16.7 Å². The molecule has 0 saturated heterocycles. The molecule has 0 aliphatic rings. The quantitative estimate of drug-likeness (QED) is 0.256. The Morgan fingerprint density at radius 3 is 1.35 bits per heavy atom. The molecular weight excluding hydrogens is 268 g/mol. The van der Waals surface area contributed by atoms with Gasteiger partial charge in [-0.1, -0.05) is 96.8 Å². The first-order valence-corrected chi connectivity index (χ1v) is 9.49. The van der Waals surface area contributed by atoms with Gasteiger partial charge in [0.1, 0.15) is 0 Å². The zero-order chi connectivity index (χ0) is 14.9. The predicted molar refractivity (Wildman–Crippen MR) is 91.7 cm³/mol. The third-order valence-corrected chi connectivity index (χ3v) is 4.43. The van der Waals surface area contributed by atoms with Crippen LogP contribution in [0.4, 0.5) is 0 Å². The Bertz CT molecular complexity index is 173. The van der Waals surface area contributed by atoms with Gasteiger partial charge in [0.15, 0.2) is 0 Å². The first-order chi connectivity index (χ1) is 9.81. The van der Waals surface area contributed by atoms with Gasteiger partial charge in [-0.25, -0.2) is 0 Å². The van der Waals surface area contributed by atoms with E-state index in [-0.39, 0.29) is 12.0 Å². The number of alkyl halides is 1. The van der Waals surface area contributed by atoms with Gasteiger partial charge in [0.2, 0.25) is 0 Å². The van der Waals surface area contributed by atoms with Gasteiger partial charge in [-0.3, -0.25) is 0 Å². The van der Waals surface area contributed by atoms with E-state index in [1.54, 1.807) is 0 Å². The molecule has 1 nitrogen and oxygen atoms in total. The first-order valence-electron chi connectivity index (χ1n) is 9.06. The van der Waals surface area contributed by atoms with Crippen molar-refractivity contribution in [3.8, 4) is 0 Å². The topological polar surface area (TPSA) is 20.2 Å². The number of aliphatic hydroxyl groups is 1. The molecule has 0 radical (unpaired) electrons. The number of halogens is 1. The number of aliphatic hydroxyl groups excluding tert-OH is 1. The molecule has 0 fully saturated rings. The monoisotopic (exact) mass is 304 g/mol. The SMILES string of the molecule is CCCCCCCCCCCCCCCCC(Cl)CO. The standard InChI is InChI=1S/C18H37ClO/c1-2-3-4-5-6-7-8-9-10-11-12-13-14-15-16-18(19)17-20/h18,20H,2-17H2,1H3. The highest BCUT2D eigenvalue weighted by atomic mass is 35.5. The summed E-state index contributed by atoms with van der Waals surface area (Å²) < 4.78 is 0. The molecule has 0 amide bonds. The Morgan fingerprint density at radius 1 is 0.650 bits per heavy atom. The molecule has 1 unspecified atom stereocenters. The molecule has 0 aliphatic heterocycles. The van der Waals surface area contributed by atoms with Crippen LogP contribution in [0.15, 0.2) is 0 Å². The van der Waals surface area contributed by atoms with Gasteiger partial charge in [0, 0.05) is 0 Å². The van der Waals surface area contributed by atoms with Crippen molar-refractivity contribution in [2.45, 2.75) is 109 Å². The third-order valence-electron chi connectivity index (χ3n) is 4.07. The minimum absolute atomic E-state index is 0.0210. The highest BCUT2D eigenvalue weighted by Gasteiger charge is 2.01. The van der Waals surface area contributed by atoms with Crippen LogP contribution in [-0.4, -0.2) is 17.1 Å². The molecule has 0 rings (SSSR count). The molecule has 0 saturated carbocycles. The maximum absolute atomic E-state index is 8.81. The molecule has 0 aromatic carbocycles. The van der Waals surface area contributed by atoms with Gasteiger partial charge >= 0.3 is 0 Å². The lowest BCUT2D eigenvalue weighted by molar-refractivity contribution is 0.286. The molecule has 1 atom stereocenters. The van der Waals surface area contributed by atoms with Crippen LogP contribution in [-0.2, 0) is 0 Å². The Kier molecular flexibility index (Phi) is 17.5. The number of rotatable bonds is 16. The fourth-order valence-corrected chi connectivity index (χ4v) is 2.81. The number of hydrogen-bond donors (Lipinski definition) is 1. The highest BCUT2D eigenvalue weighted by molar-refractivity contribution is 6.20. The van der Waals surface area contributed by atoms with E-state index in [9.17, 15) is 0 Å². The summed E-state index contributed by atoms with van der Waals surface area (Å²) >= 11 is 5.87. The first kappa shape index (κ1) is 20.2. The van der Waals surface area contributed by atoms with E-state index in [0.717, 1.165) is 6.42 Å². The smallest absolute Gasteiger partial charge is 0.0595 e. The van der Waals surface area contributed by atoms with E-state index in [1.165, 1.54) is 89.9 Å². The van der Waals surface area contributed by atoms with Crippen LogP contribution in [0, 0.1) is 0 Å². The fraction of sp³-hybridized carbons (Fsp3) is 1.00. The molecule has 0 bridgehead atoms. The van der Waals surface area contributed by atoms with Crippen molar-refractivity contribution in [3.05, 3.63) is 0 Å². The van der Waals surface area contributed by atoms with E-state index in [0.29, 0.717) is 0 Å². The largest absolute Gasteiger partial charge is 0.395 e. The summed E-state index contributed by atoms with van der Waals surface area (Å²) in [6, 6.07) is 0. The molecule has 2 heteroatoms. The number of unbranched alkanes of at least 4 members (excludes halogenated alkanes) is 13. The summed E-state index contributed by atoms with van der Waals surface area (Å²) in [5, 5.41) is 8.79. The average molecular weight is 305 g/mol. The van der Waals surface area contributed by atoms with E-state index < -0.39 is 0 Å². The van der Waals surface area contributed by atoms with Crippen molar-refractivity contribution >= 4 is 11.6 Å². The van der Waals surface area contributed by atoms with E-state index in [2.05, 4.69) is 6.92 Å². The van der Waals surface area contributed by atoms with Crippen LogP contribution in [0.5, 0.6) is 0 Å². The Balaban J connectivity index is 2.96. The zero-order valence-corrected chi connectivity index (χ0v) is 14.5. The molecule has 1 N–H and O–H groups in total. The summed E-state index contributed by atoms with van der Waals surface area (Å²) in [6.07, 6.45) is 20.4. The van der Waals surface area contributed by atoms with Crippen LogP contribution in [0.25, 0.3) is 0 Å². The molecule has 0 aromatic heterocycles. The van der Waals surface area contributed by atoms with Crippen LogP contribution in [0.1, 0.15) is 103 Å². The number of hydrogen-bond acceptors (Lipinski definition) is 1. The lowest BCUT2D eigenvalue weighted by atomic mass is 10.0. The van der Waals surface area contributed by atoms with Crippen LogP contribution in [0.2, 0.25) is 0 Å². The van der Waals surface area contributed by atoms with Crippen molar-refractivity contribution in [2.24, 2.45) is 0 Å². The summed E-state index contributed by atoms with van der Waals surface area (Å²) in [7, 11) is 0. The van der Waals surface area contributed by atoms with Gasteiger partial charge in [0.05, 0.1) is 12.0 Å². The molecule has 0 aliphatic carbocycles.